The van der Waals surface area contributed by atoms with Crippen molar-refractivity contribution in [2.75, 3.05) is 31.6 Å². The Morgan fingerprint density at radius 3 is 2.84 bits per heavy atom. The summed E-state index contributed by atoms with van der Waals surface area (Å²) >= 11 is 1.60. The van der Waals surface area contributed by atoms with Crippen molar-refractivity contribution in [2.45, 2.75) is 57.4 Å². The van der Waals surface area contributed by atoms with Gasteiger partial charge in [0.2, 0.25) is 5.91 Å². The second-order valence-corrected chi connectivity index (χ2v) is 9.92. The molecule has 1 aromatic heterocycles. The lowest BCUT2D eigenvalue weighted by Gasteiger charge is -2.24. The number of carbonyl (C=O) groups is 1. The first-order valence-corrected chi connectivity index (χ1v) is 12.5. The Balaban J connectivity index is 1.29. The van der Waals surface area contributed by atoms with Crippen LogP contribution < -0.4 is 14.8 Å². The largest absolute Gasteiger partial charge is 0.490 e. The number of carbonyl (C=O) groups excluding carboxylic acids is 1. The van der Waals surface area contributed by atoms with Crippen molar-refractivity contribution in [1.29, 1.82) is 5.26 Å². The minimum atomic E-state index is -0.0425. The smallest absolute Gasteiger partial charge is 0.239 e. The molecule has 0 bridgehead atoms. The molecule has 1 saturated heterocycles. The van der Waals surface area contributed by atoms with Gasteiger partial charge in [0.15, 0.2) is 11.5 Å². The SMILES string of the molecule is N#Cc1c(NC(=O)CN2CCC[C@H]2c2ccc3c(c2)OCCCO3)sc2c1CCCCC2. The first kappa shape index (κ1) is 21.3. The number of nitrogens with zero attached hydrogens (tertiary/aromatic N) is 2. The van der Waals surface area contributed by atoms with Crippen molar-refractivity contribution in [3.8, 4) is 17.6 Å². The van der Waals surface area contributed by atoms with Crippen LogP contribution in [0.3, 0.4) is 0 Å². The molecule has 0 spiro atoms. The molecule has 1 atom stereocenters. The summed E-state index contributed by atoms with van der Waals surface area (Å²) in [5, 5.41) is 13.5. The molecular formula is C25H29N3O3S. The Morgan fingerprint density at radius 1 is 1.12 bits per heavy atom. The Kier molecular flexibility index (Phi) is 6.33. The summed E-state index contributed by atoms with van der Waals surface area (Å²) in [6.07, 6.45) is 8.42. The number of likely N-dealkylation sites (tertiary alicyclic amines) is 1. The van der Waals surface area contributed by atoms with Gasteiger partial charge >= 0.3 is 0 Å². The summed E-state index contributed by atoms with van der Waals surface area (Å²) in [7, 11) is 0. The maximum absolute atomic E-state index is 13.0. The van der Waals surface area contributed by atoms with Gasteiger partial charge in [-0.1, -0.05) is 12.5 Å². The maximum atomic E-state index is 13.0. The minimum Gasteiger partial charge on any atom is -0.490 e. The third-order valence-electron chi connectivity index (χ3n) is 6.65. The van der Waals surface area contributed by atoms with Crippen molar-refractivity contribution in [3.05, 3.63) is 39.8 Å². The van der Waals surface area contributed by atoms with Crippen LogP contribution >= 0.6 is 11.3 Å². The quantitative estimate of drug-likeness (QED) is 0.674. The van der Waals surface area contributed by atoms with Crippen molar-refractivity contribution < 1.29 is 14.3 Å². The molecule has 7 heteroatoms. The van der Waals surface area contributed by atoms with Crippen molar-refractivity contribution in [1.82, 2.24) is 4.90 Å². The molecule has 0 radical (unpaired) electrons. The van der Waals surface area contributed by atoms with E-state index in [0.29, 0.717) is 25.3 Å². The molecule has 32 heavy (non-hydrogen) atoms. The van der Waals surface area contributed by atoms with Gasteiger partial charge in [-0.15, -0.1) is 11.3 Å². The van der Waals surface area contributed by atoms with Crippen LogP contribution in [0, 0.1) is 11.3 Å². The van der Waals surface area contributed by atoms with Crippen LogP contribution in [0.2, 0.25) is 0 Å². The lowest BCUT2D eigenvalue weighted by atomic mass is 10.0. The van der Waals surface area contributed by atoms with E-state index in [4.69, 9.17) is 9.47 Å². The molecule has 1 amide bonds. The van der Waals surface area contributed by atoms with Crippen molar-refractivity contribution >= 4 is 22.2 Å². The molecule has 3 heterocycles. The van der Waals surface area contributed by atoms with Gasteiger partial charge < -0.3 is 14.8 Å². The van der Waals surface area contributed by atoms with Crippen LogP contribution in [0.1, 0.15) is 66.1 Å². The van der Waals surface area contributed by atoms with E-state index in [-0.39, 0.29) is 11.9 Å². The molecule has 2 aliphatic heterocycles. The zero-order valence-electron chi connectivity index (χ0n) is 18.3. The highest BCUT2D eigenvalue weighted by molar-refractivity contribution is 7.16. The maximum Gasteiger partial charge on any atom is 0.239 e. The number of ether oxygens (including phenoxy) is 2. The van der Waals surface area contributed by atoms with Crippen molar-refractivity contribution in [3.63, 3.8) is 0 Å². The van der Waals surface area contributed by atoms with Crippen molar-refractivity contribution in [2.24, 2.45) is 0 Å². The van der Waals surface area contributed by atoms with Crippen LogP contribution in [0.5, 0.6) is 11.5 Å². The minimum absolute atomic E-state index is 0.0425. The zero-order valence-corrected chi connectivity index (χ0v) is 19.1. The second-order valence-electron chi connectivity index (χ2n) is 8.81. The molecule has 168 valence electrons. The summed E-state index contributed by atoms with van der Waals surface area (Å²) < 4.78 is 11.6. The fourth-order valence-electron chi connectivity index (χ4n) is 5.08. The van der Waals surface area contributed by atoms with Crippen LogP contribution in [-0.2, 0) is 17.6 Å². The Morgan fingerprint density at radius 2 is 1.97 bits per heavy atom. The van der Waals surface area contributed by atoms with E-state index in [9.17, 15) is 10.1 Å². The molecule has 0 saturated carbocycles. The topological polar surface area (TPSA) is 74.6 Å². The second kappa shape index (κ2) is 9.51. The van der Waals surface area contributed by atoms with Gasteiger partial charge in [-0.25, -0.2) is 0 Å². The number of nitrogens with one attached hydrogen (secondary N) is 1. The average Bonchev–Trinajstić information content (AvgIpc) is 3.18. The number of aryl methyl sites for hydroxylation is 1. The Labute approximate surface area is 193 Å². The van der Waals surface area contributed by atoms with Gasteiger partial charge in [0.1, 0.15) is 11.1 Å². The Hall–Kier alpha value is -2.56. The monoisotopic (exact) mass is 451 g/mol. The highest BCUT2D eigenvalue weighted by Gasteiger charge is 2.29. The summed E-state index contributed by atoms with van der Waals surface area (Å²) in [6, 6.07) is 8.71. The molecule has 1 aliphatic carbocycles. The predicted octanol–water partition coefficient (Wildman–Crippen LogP) is 4.83. The third-order valence-corrected chi connectivity index (χ3v) is 7.86. The molecule has 1 aromatic carbocycles. The number of fused-ring (bicyclic) bond motifs is 2. The molecule has 2 aromatic rings. The standard InChI is InChI=1S/C25H29N3O3S/c26-15-19-18-6-2-1-3-8-23(18)32-25(19)27-24(29)16-28-11-4-7-20(28)17-9-10-21-22(14-17)31-13-5-12-30-21/h9-10,14,20H,1-8,11-13,16H2,(H,27,29)/t20-/m0/s1. The Bertz CT molecular complexity index is 1040. The van der Waals surface area contributed by atoms with Gasteiger partial charge in [0.25, 0.3) is 0 Å². The highest BCUT2D eigenvalue weighted by Crippen LogP contribution is 2.39. The molecule has 5 rings (SSSR count). The van der Waals surface area contributed by atoms with E-state index < -0.39 is 0 Å². The number of anilines is 1. The van der Waals surface area contributed by atoms with E-state index in [1.807, 2.05) is 6.07 Å². The number of hydrogen-bond donors (Lipinski definition) is 1. The number of hydrogen-bond acceptors (Lipinski definition) is 6. The summed E-state index contributed by atoms with van der Waals surface area (Å²) in [4.78, 5) is 16.5. The zero-order chi connectivity index (χ0) is 21.9. The van der Waals surface area contributed by atoms with Gasteiger partial charge in [0, 0.05) is 17.3 Å². The van der Waals surface area contributed by atoms with E-state index in [2.05, 4.69) is 28.4 Å². The molecule has 0 unspecified atom stereocenters. The number of benzene rings is 1. The highest BCUT2D eigenvalue weighted by atomic mass is 32.1. The number of rotatable bonds is 4. The van der Waals surface area contributed by atoms with E-state index in [1.165, 1.54) is 16.9 Å². The van der Waals surface area contributed by atoms with Gasteiger partial charge in [-0.05, 0) is 68.3 Å². The molecule has 3 aliphatic rings. The number of thiophene rings is 1. The van der Waals surface area contributed by atoms with Gasteiger partial charge in [-0.2, -0.15) is 5.26 Å². The van der Waals surface area contributed by atoms with Crippen LogP contribution in [-0.4, -0.2) is 37.1 Å². The molecule has 1 N–H and O–H groups in total. The third kappa shape index (κ3) is 4.35. The van der Waals surface area contributed by atoms with E-state index >= 15 is 0 Å². The first-order valence-electron chi connectivity index (χ1n) is 11.7. The van der Waals surface area contributed by atoms with Crippen LogP contribution in [0.4, 0.5) is 5.00 Å². The lowest BCUT2D eigenvalue weighted by Crippen LogP contribution is -2.32. The first-order chi connectivity index (χ1) is 15.7. The summed E-state index contributed by atoms with van der Waals surface area (Å²) in [5.74, 6) is 1.56. The fraction of sp³-hybridized carbons (Fsp3) is 0.520. The molecular weight excluding hydrogens is 422 g/mol. The van der Waals surface area contributed by atoms with E-state index in [0.717, 1.165) is 73.6 Å². The fourth-order valence-corrected chi connectivity index (χ4v) is 6.34. The number of nitriles is 1. The van der Waals surface area contributed by atoms with Crippen LogP contribution in [0.15, 0.2) is 18.2 Å². The normalized spacial score (nSPS) is 20.7. The van der Waals surface area contributed by atoms with E-state index in [1.54, 1.807) is 11.3 Å². The predicted molar refractivity (Wildman–Crippen MR) is 125 cm³/mol. The van der Waals surface area contributed by atoms with Crippen LogP contribution in [0.25, 0.3) is 0 Å². The lowest BCUT2D eigenvalue weighted by molar-refractivity contribution is -0.117. The molecule has 1 fully saturated rings. The molecule has 6 nitrogen and oxygen atoms in total. The average molecular weight is 452 g/mol. The summed E-state index contributed by atoms with van der Waals surface area (Å²) in [6.45, 7) is 2.56. The number of amides is 1. The van der Waals surface area contributed by atoms with Gasteiger partial charge in [-0.3, -0.25) is 9.69 Å². The summed E-state index contributed by atoms with van der Waals surface area (Å²) in [5.41, 5.74) is 3.01. The van der Waals surface area contributed by atoms with Gasteiger partial charge in [0.05, 0.1) is 25.3 Å².